The minimum atomic E-state index is -0.116. The molecule has 8 nitrogen and oxygen atoms in total. The first kappa shape index (κ1) is 18.2. The number of hydrogen-bond donors (Lipinski definition) is 0. The van der Waals surface area contributed by atoms with Crippen LogP contribution in [0.3, 0.4) is 0 Å². The second-order valence-corrected chi connectivity index (χ2v) is 7.07. The van der Waals surface area contributed by atoms with Crippen molar-refractivity contribution in [2.75, 3.05) is 6.54 Å². The summed E-state index contributed by atoms with van der Waals surface area (Å²) in [6, 6.07) is 8.87. The van der Waals surface area contributed by atoms with Crippen LogP contribution in [0.1, 0.15) is 18.4 Å². The van der Waals surface area contributed by atoms with Crippen molar-refractivity contribution < 1.29 is 0 Å². The lowest BCUT2D eigenvalue weighted by Crippen LogP contribution is -2.37. The summed E-state index contributed by atoms with van der Waals surface area (Å²) >= 11 is 0. The standard InChI is InChI=1S/C20H22N6O2/c1-24-20(28)10-15(11-22-24)13-25-9-3-5-17(25)14-26-19(27)7-6-18(23-26)16-4-2-8-21-12-16/h2,4,6-8,10-12,17H,3,5,9,13-14H2,1H3. The maximum atomic E-state index is 12.3. The van der Waals surface area contributed by atoms with Crippen LogP contribution in [0.5, 0.6) is 0 Å². The highest BCUT2D eigenvalue weighted by molar-refractivity contribution is 5.56. The molecule has 0 aromatic carbocycles. The number of pyridine rings is 1. The highest BCUT2D eigenvalue weighted by atomic mass is 16.1. The summed E-state index contributed by atoms with van der Waals surface area (Å²) in [7, 11) is 1.64. The van der Waals surface area contributed by atoms with Crippen molar-refractivity contribution >= 4 is 0 Å². The third-order valence-electron chi connectivity index (χ3n) is 5.12. The van der Waals surface area contributed by atoms with Crippen molar-refractivity contribution in [3.05, 3.63) is 75.2 Å². The Morgan fingerprint density at radius 3 is 2.82 bits per heavy atom. The van der Waals surface area contributed by atoms with Crippen molar-refractivity contribution in [3.8, 4) is 11.3 Å². The summed E-state index contributed by atoms with van der Waals surface area (Å²) < 4.78 is 2.85. The summed E-state index contributed by atoms with van der Waals surface area (Å²) in [5.41, 5.74) is 2.27. The van der Waals surface area contributed by atoms with Crippen LogP contribution < -0.4 is 11.1 Å². The SMILES string of the molecule is Cn1ncc(CN2CCCC2Cn2nc(-c3cccnc3)ccc2=O)cc1=O. The van der Waals surface area contributed by atoms with E-state index < -0.39 is 0 Å². The van der Waals surface area contributed by atoms with Gasteiger partial charge >= 0.3 is 0 Å². The van der Waals surface area contributed by atoms with Crippen LogP contribution in [0, 0.1) is 0 Å². The molecule has 1 saturated heterocycles. The quantitative estimate of drug-likeness (QED) is 0.660. The minimum absolute atomic E-state index is 0.115. The van der Waals surface area contributed by atoms with E-state index in [-0.39, 0.29) is 17.2 Å². The van der Waals surface area contributed by atoms with E-state index in [4.69, 9.17) is 0 Å². The summed E-state index contributed by atoms with van der Waals surface area (Å²) in [6.07, 6.45) is 7.22. The highest BCUT2D eigenvalue weighted by Crippen LogP contribution is 2.21. The average molecular weight is 378 g/mol. The summed E-state index contributed by atoms with van der Waals surface area (Å²) in [4.78, 5) is 30.6. The second-order valence-electron chi connectivity index (χ2n) is 7.07. The fraction of sp³-hybridized carbons (Fsp3) is 0.350. The van der Waals surface area contributed by atoms with E-state index in [0.29, 0.717) is 13.1 Å². The zero-order valence-electron chi connectivity index (χ0n) is 15.7. The van der Waals surface area contributed by atoms with Gasteiger partial charge in [-0.1, -0.05) is 0 Å². The monoisotopic (exact) mass is 378 g/mol. The molecule has 0 radical (unpaired) electrons. The molecule has 4 rings (SSSR count). The smallest absolute Gasteiger partial charge is 0.266 e. The molecule has 4 heterocycles. The van der Waals surface area contributed by atoms with E-state index in [2.05, 4.69) is 20.1 Å². The van der Waals surface area contributed by atoms with Crippen LogP contribution in [0.2, 0.25) is 0 Å². The number of rotatable bonds is 5. The van der Waals surface area contributed by atoms with Crippen molar-refractivity contribution in [2.24, 2.45) is 7.05 Å². The van der Waals surface area contributed by atoms with Gasteiger partial charge in [-0.05, 0) is 43.1 Å². The summed E-state index contributed by atoms with van der Waals surface area (Å²) in [5.74, 6) is 0. The fourth-order valence-electron chi connectivity index (χ4n) is 3.59. The molecule has 8 heteroatoms. The van der Waals surface area contributed by atoms with Gasteiger partial charge in [0.1, 0.15) is 0 Å². The molecule has 28 heavy (non-hydrogen) atoms. The van der Waals surface area contributed by atoms with Gasteiger partial charge in [0.25, 0.3) is 11.1 Å². The molecule has 0 aliphatic carbocycles. The number of aryl methyl sites for hydroxylation is 1. The molecule has 0 spiro atoms. The summed E-state index contributed by atoms with van der Waals surface area (Å²) in [5, 5.41) is 8.64. The Balaban J connectivity index is 1.53. The predicted octanol–water partition coefficient (Wildman–Crippen LogP) is 1.06. The van der Waals surface area contributed by atoms with Crippen molar-refractivity contribution in [2.45, 2.75) is 32.0 Å². The number of aromatic nitrogens is 5. The molecule has 1 atom stereocenters. The maximum absolute atomic E-state index is 12.3. The molecule has 0 amide bonds. The molecule has 0 bridgehead atoms. The third kappa shape index (κ3) is 3.91. The van der Waals surface area contributed by atoms with Crippen LogP contribution in [0.25, 0.3) is 11.3 Å². The molecule has 0 saturated carbocycles. The first-order valence-corrected chi connectivity index (χ1v) is 9.35. The van der Waals surface area contributed by atoms with Crippen LogP contribution in [-0.4, -0.2) is 42.0 Å². The van der Waals surface area contributed by atoms with Gasteiger partial charge in [0, 0.05) is 49.7 Å². The molecule has 1 aliphatic rings. The maximum Gasteiger partial charge on any atom is 0.266 e. The van der Waals surface area contributed by atoms with E-state index >= 15 is 0 Å². The van der Waals surface area contributed by atoms with Crippen LogP contribution in [0.15, 0.2) is 58.5 Å². The summed E-state index contributed by atoms with van der Waals surface area (Å²) in [6.45, 7) is 2.09. The van der Waals surface area contributed by atoms with Crippen molar-refractivity contribution in [1.29, 1.82) is 0 Å². The zero-order chi connectivity index (χ0) is 19.5. The normalized spacial score (nSPS) is 17.1. The first-order chi connectivity index (χ1) is 13.6. The lowest BCUT2D eigenvalue weighted by atomic mass is 10.2. The number of likely N-dealkylation sites (tertiary alicyclic amines) is 1. The Morgan fingerprint density at radius 2 is 2.04 bits per heavy atom. The predicted molar refractivity (Wildman–Crippen MR) is 105 cm³/mol. The van der Waals surface area contributed by atoms with Gasteiger partial charge in [0.2, 0.25) is 0 Å². The van der Waals surface area contributed by atoms with Gasteiger partial charge in [-0.2, -0.15) is 10.2 Å². The van der Waals surface area contributed by atoms with E-state index in [0.717, 1.165) is 36.2 Å². The van der Waals surface area contributed by atoms with Crippen LogP contribution >= 0.6 is 0 Å². The Morgan fingerprint density at radius 1 is 1.14 bits per heavy atom. The lowest BCUT2D eigenvalue weighted by molar-refractivity contribution is 0.216. The Hall–Kier alpha value is -3.13. The molecular weight excluding hydrogens is 356 g/mol. The average Bonchev–Trinajstić information content (AvgIpc) is 3.14. The molecule has 144 valence electrons. The van der Waals surface area contributed by atoms with E-state index in [1.807, 2.05) is 12.1 Å². The van der Waals surface area contributed by atoms with Crippen molar-refractivity contribution in [3.63, 3.8) is 0 Å². The lowest BCUT2D eigenvalue weighted by Gasteiger charge is -2.24. The molecule has 1 fully saturated rings. The fourth-order valence-corrected chi connectivity index (χ4v) is 3.59. The van der Waals surface area contributed by atoms with Gasteiger partial charge < -0.3 is 0 Å². The molecule has 0 N–H and O–H groups in total. The number of hydrogen-bond acceptors (Lipinski definition) is 6. The van der Waals surface area contributed by atoms with Crippen LogP contribution in [-0.2, 0) is 20.1 Å². The zero-order valence-corrected chi connectivity index (χ0v) is 15.7. The highest BCUT2D eigenvalue weighted by Gasteiger charge is 2.26. The number of nitrogens with zero attached hydrogens (tertiary/aromatic N) is 6. The topological polar surface area (TPSA) is 85.9 Å². The molecule has 3 aromatic heterocycles. The third-order valence-corrected chi connectivity index (χ3v) is 5.12. The van der Waals surface area contributed by atoms with E-state index in [9.17, 15) is 9.59 Å². The largest absolute Gasteiger partial charge is 0.294 e. The second kappa shape index (κ2) is 7.85. The van der Waals surface area contributed by atoms with Gasteiger partial charge in [-0.15, -0.1) is 0 Å². The van der Waals surface area contributed by atoms with Gasteiger partial charge in [0.15, 0.2) is 0 Å². The first-order valence-electron chi connectivity index (χ1n) is 9.35. The molecule has 3 aromatic rings. The minimum Gasteiger partial charge on any atom is -0.294 e. The molecule has 1 aliphatic heterocycles. The van der Waals surface area contributed by atoms with Crippen LogP contribution in [0.4, 0.5) is 0 Å². The molecular formula is C20H22N6O2. The van der Waals surface area contributed by atoms with E-state index in [1.54, 1.807) is 43.8 Å². The van der Waals surface area contributed by atoms with Gasteiger partial charge in [-0.3, -0.25) is 19.5 Å². The Labute approximate surface area is 162 Å². The van der Waals surface area contributed by atoms with Gasteiger partial charge in [0.05, 0.1) is 18.4 Å². The van der Waals surface area contributed by atoms with Crippen molar-refractivity contribution in [1.82, 2.24) is 29.4 Å². The Kier molecular flexibility index (Phi) is 5.12. The van der Waals surface area contributed by atoms with E-state index in [1.165, 1.54) is 9.36 Å². The molecule has 1 unspecified atom stereocenters. The Bertz CT molecular complexity index is 1080. The van der Waals surface area contributed by atoms with Gasteiger partial charge in [-0.25, -0.2) is 9.36 Å².